The van der Waals surface area contributed by atoms with E-state index in [4.69, 9.17) is 27.1 Å². The Balaban J connectivity index is 1.37. The zero-order chi connectivity index (χ0) is 33.2. The third-order valence-electron chi connectivity index (χ3n) is 10.8. The Morgan fingerprint density at radius 3 is 2.68 bits per heavy atom. The Morgan fingerprint density at radius 2 is 1.91 bits per heavy atom. The number of ether oxygens (including phenoxy) is 1. The lowest BCUT2D eigenvalue weighted by Crippen LogP contribution is -2.58. The Kier molecular flexibility index (Phi) is 6.96. The number of aromatic nitrogens is 3. The number of nitrogens with two attached hydrogens (primary N) is 1. The minimum Gasteiger partial charge on any atom is -0.461 e. The number of fused-ring (bicyclic) bond motifs is 6. The van der Waals surface area contributed by atoms with Crippen LogP contribution in [0.2, 0.25) is 5.02 Å². The van der Waals surface area contributed by atoms with Crippen molar-refractivity contribution in [3.8, 4) is 17.3 Å². The van der Waals surface area contributed by atoms with Crippen molar-refractivity contribution in [2.45, 2.75) is 81.5 Å². The Labute approximate surface area is 271 Å². The van der Waals surface area contributed by atoms with Crippen LogP contribution in [-0.2, 0) is 6.18 Å². The number of halogens is 7. The summed E-state index contributed by atoms with van der Waals surface area (Å²) in [6.07, 6.45) is -2.08. The topological polar surface area (TPSA) is 92.4 Å². The largest absolute Gasteiger partial charge is 0.461 e. The van der Waals surface area contributed by atoms with Crippen LogP contribution >= 0.6 is 11.6 Å². The van der Waals surface area contributed by atoms with Gasteiger partial charge in [0.1, 0.15) is 24.1 Å². The number of anilines is 2. The summed E-state index contributed by atoms with van der Waals surface area (Å²) >= 11 is 6.90. The second-order valence-electron chi connectivity index (χ2n) is 13.5. The number of nitrogens with one attached hydrogen (secondary N) is 1. The van der Waals surface area contributed by atoms with Crippen LogP contribution in [0.4, 0.5) is 38.0 Å². The van der Waals surface area contributed by atoms with Crippen molar-refractivity contribution in [2.24, 2.45) is 0 Å². The standard InChI is InChI=1S/C32H32ClF6N7O/c1-13-8-18-17-5-4-16(41-17)11-46(18)29-20-19(13)23(33)21(26-22(32(37,38)39)14(2)24(35)28(40)42-26)25(36)27(20)43-30(44-29)47-12-31-6-3-7-45(31)10-15(34)9-31/h15-18,41H,1,3-12H2,2H3,(H2,40,42)/t15-,16-,17?,18-,31+/m1/s1. The van der Waals surface area contributed by atoms with E-state index in [9.17, 15) is 22.0 Å². The van der Waals surface area contributed by atoms with Gasteiger partial charge in [-0.25, -0.2) is 18.2 Å². The minimum absolute atomic E-state index is 0.0567. The highest BCUT2D eigenvalue weighted by Crippen LogP contribution is 2.51. The molecule has 8 nitrogen and oxygen atoms in total. The van der Waals surface area contributed by atoms with Crippen LogP contribution in [0, 0.1) is 18.6 Å². The van der Waals surface area contributed by atoms with Crippen LogP contribution in [0.3, 0.4) is 0 Å². The number of nitrogen functional groups attached to an aromatic ring is 1. The minimum atomic E-state index is -5.13. The summed E-state index contributed by atoms with van der Waals surface area (Å²) < 4.78 is 95.9. The van der Waals surface area contributed by atoms with E-state index in [1.165, 1.54) is 0 Å². The summed E-state index contributed by atoms with van der Waals surface area (Å²) in [6.45, 7) is 6.79. The molecule has 4 saturated heterocycles. The third kappa shape index (κ3) is 4.61. The van der Waals surface area contributed by atoms with Gasteiger partial charge in [0.25, 0.3) is 0 Å². The maximum Gasteiger partial charge on any atom is 0.418 e. The highest BCUT2D eigenvalue weighted by molar-refractivity contribution is 6.37. The normalized spacial score (nSPS) is 28.6. The van der Waals surface area contributed by atoms with E-state index in [-0.39, 0.29) is 58.7 Å². The zero-order valence-electron chi connectivity index (χ0n) is 25.5. The molecule has 1 aromatic carbocycles. The average Bonchev–Trinajstić information content (AvgIpc) is 3.64. The number of benzene rings is 1. The molecule has 250 valence electrons. The van der Waals surface area contributed by atoms with Gasteiger partial charge in [-0.1, -0.05) is 18.2 Å². The molecule has 2 aromatic heterocycles. The van der Waals surface area contributed by atoms with Gasteiger partial charge in [-0.2, -0.15) is 23.1 Å². The zero-order valence-corrected chi connectivity index (χ0v) is 26.2. The first-order chi connectivity index (χ1) is 22.3. The average molecular weight is 680 g/mol. The molecule has 0 amide bonds. The summed E-state index contributed by atoms with van der Waals surface area (Å²) in [6, 6.07) is -0.151. The van der Waals surface area contributed by atoms with Crippen molar-refractivity contribution < 1.29 is 31.1 Å². The fourth-order valence-electron chi connectivity index (χ4n) is 8.70. The molecule has 0 radical (unpaired) electrons. The van der Waals surface area contributed by atoms with E-state index in [1.807, 2.05) is 0 Å². The van der Waals surface area contributed by atoms with Gasteiger partial charge >= 0.3 is 12.2 Å². The molecule has 1 unspecified atom stereocenters. The van der Waals surface area contributed by atoms with Gasteiger partial charge in [-0.3, -0.25) is 4.90 Å². The number of nitrogens with zero attached hydrogens (tertiary/aromatic N) is 5. The molecule has 4 fully saturated rings. The van der Waals surface area contributed by atoms with Crippen molar-refractivity contribution in [1.29, 1.82) is 0 Å². The highest BCUT2D eigenvalue weighted by atomic mass is 35.5. The van der Waals surface area contributed by atoms with Crippen molar-refractivity contribution in [1.82, 2.24) is 25.2 Å². The Bertz CT molecular complexity index is 1860. The van der Waals surface area contributed by atoms with E-state index in [0.29, 0.717) is 37.3 Å². The predicted molar refractivity (Wildman–Crippen MR) is 165 cm³/mol. The molecule has 15 heteroatoms. The van der Waals surface area contributed by atoms with Gasteiger partial charge in [0, 0.05) is 48.8 Å². The first-order valence-electron chi connectivity index (χ1n) is 15.8. The lowest BCUT2D eigenvalue weighted by molar-refractivity contribution is -0.137. The van der Waals surface area contributed by atoms with E-state index in [2.05, 4.69) is 31.7 Å². The fourth-order valence-corrected chi connectivity index (χ4v) is 9.10. The van der Waals surface area contributed by atoms with Gasteiger partial charge in [0.05, 0.1) is 32.8 Å². The molecule has 47 heavy (non-hydrogen) atoms. The van der Waals surface area contributed by atoms with Crippen molar-refractivity contribution in [3.63, 3.8) is 0 Å². The highest BCUT2D eigenvalue weighted by Gasteiger charge is 2.50. The molecule has 8 rings (SSSR count). The summed E-state index contributed by atoms with van der Waals surface area (Å²) in [5.41, 5.74) is 1.46. The number of alkyl halides is 4. The summed E-state index contributed by atoms with van der Waals surface area (Å²) in [4.78, 5) is 17.1. The van der Waals surface area contributed by atoms with Crippen LogP contribution in [0.15, 0.2) is 6.58 Å². The van der Waals surface area contributed by atoms with Crippen LogP contribution in [-0.4, -0.2) is 75.9 Å². The number of piperazine rings is 1. The van der Waals surface area contributed by atoms with E-state index < -0.39 is 57.7 Å². The predicted octanol–water partition coefficient (Wildman–Crippen LogP) is 6.21. The first kappa shape index (κ1) is 30.9. The van der Waals surface area contributed by atoms with Gasteiger partial charge in [-0.15, -0.1) is 0 Å². The van der Waals surface area contributed by atoms with Crippen molar-refractivity contribution in [2.75, 3.05) is 36.9 Å². The maximum absolute atomic E-state index is 17.0. The quantitative estimate of drug-likeness (QED) is 0.315. The third-order valence-corrected chi connectivity index (χ3v) is 11.2. The van der Waals surface area contributed by atoms with Gasteiger partial charge < -0.3 is 20.7 Å². The maximum atomic E-state index is 17.0. The van der Waals surface area contributed by atoms with Crippen LogP contribution in [0.1, 0.15) is 55.2 Å². The van der Waals surface area contributed by atoms with Gasteiger partial charge in [0.2, 0.25) is 0 Å². The molecular weight excluding hydrogens is 648 g/mol. The van der Waals surface area contributed by atoms with Gasteiger partial charge in [-0.05, 0) is 51.1 Å². The fraction of sp³-hybridized carbons (Fsp3) is 0.531. The van der Waals surface area contributed by atoms with Crippen LogP contribution < -0.4 is 20.7 Å². The molecule has 5 aliphatic heterocycles. The molecule has 7 heterocycles. The molecule has 0 spiro atoms. The van der Waals surface area contributed by atoms with Crippen LogP contribution in [0.5, 0.6) is 6.01 Å². The monoisotopic (exact) mass is 679 g/mol. The van der Waals surface area contributed by atoms with Crippen molar-refractivity contribution in [3.05, 3.63) is 39.9 Å². The first-order valence-corrected chi connectivity index (χ1v) is 16.1. The van der Waals surface area contributed by atoms with E-state index in [1.54, 1.807) is 0 Å². The molecule has 5 atom stereocenters. The lowest BCUT2D eigenvalue weighted by Gasteiger charge is -2.41. The SMILES string of the molecule is C=C1C[C@@H]2C3CC[C@H](CN2c2nc(OC[C@@]45CCCN4C[C@H](F)C5)nc4c(F)c(-c5nc(N)c(F)c(C)c5C(F)(F)F)c(Cl)c1c24)N3. The number of rotatable bonds is 4. The Morgan fingerprint density at radius 1 is 1.13 bits per heavy atom. The molecule has 3 N–H and O–H groups in total. The molecule has 2 bridgehead atoms. The number of pyridine rings is 1. The summed E-state index contributed by atoms with van der Waals surface area (Å²) in [5, 5.41) is 3.44. The molecule has 3 aromatic rings. The van der Waals surface area contributed by atoms with Crippen molar-refractivity contribution >= 4 is 39.7 Å². The molecular formula is C32H32ClF6N7O. The molecule has 5 aliphatic rings. The van der Waals surface area contributed by atoms with Crippen LogP contribution in [0.25, 0.3) is 27.7 Å². The van der Waals surface area contributed by atoms with Gasteiger partial charge in [0.15, 0.2) is 17.5 Å². The summed E-state index contributed by atoms with van der Waals surface area (Å²) in [5.74, 6) is -3.06. The second-order valence-corrected chi connectivity index (χ2v) is 13.9. The Hall–Kier alpha value is -3.36. The summed E-state index contributed by atoms with van der Waals surface area (Å²) in [7, 11) is 0. The number of hydrogen-bond donors (Lipinski definition) is 2. The molecule has 0 aliphatic carbocycles. The molecule has 0 saturated carbocycles. The smallest absolute Gasteiger partial charge is 0.418 e. The van der Waals surface area contributed by atoms with E-state index >= 15 is 4.39 Å². The van der Waals surface area contributed by atoms with E-state index in [0.717, 1.165) is 32.7 Å². The lowest BCUT2D eigenvalue weighted by atomic mass is 9.91. The number of hydrogen-bond acceptors (Lipinski definition) is 8. The second kappa shape index (κ2) is 10.6.